The topological polar surface area (TPSA) is 98.4 Å². The van der Waals surface area contributed by atoms with Crippen LogP contribution in [-0.4, -0.2) is 49.0 Å². The Bertz CT molecular complexity index is 946. The van der Waals surface area contributed by atoms with Crippen molar-refractivity contribution in [3.63, 3.8) is 0 Å². The summed E-state index contributed by atoms with van der Waals surface area (Å²) < 4.78 is 21.8. The highest BCUT2D eigenvalue weighted by Gasteiger charge is 2.29. The van der Waals surface area contributed by atoms with Crippen molar-refractivity contribution >= 4 is 5.91 Å². The van der Waals surface area contributed by atoms with Gasteiger partial charge in [0.25, 0.3) is 0 Å². The highest BCUT2D eigenvalue weighted by Crippen LogP contribution is 2.39. The molecule has 8 nitrogen and oxygen atoms in total. The van der Waals surface area contributed by atoms with E-state index in [1.807, 2.05) is 0 Å². The van der Waals surface area contributed by atoms with Gasteiger partial charge in [-0.15, -0.1) is 0 Å². The van der Waals surface area contributed by atoms with E-state index < -0.39 is 17.1 Å². The Labute approximate surface area is 161 Å². The number of carbonyl (C=O) groups is 1. The molecule has 0 radical (unpaired) electrons. The van der Waals surface area contributed by atoms with E-state index in [1.165, 1.54) is 6.07 Å². The molecule has 3 heterocycles. The summed E-state index contributed by atoms with van der Waals surface area (Å²) in [5.41, 5.74) is 0.151. The number of hydrogen-bond acceptors (Lipinski definition) is 7. The third kappa shape index (κ3) is 3.55. The minimum absolute atomic E-state index is 0.0413. The molecule has 0 saturated carbocycles. The van der Waals surface area contributed by atoms with Gasteiger partial charge < -0.3 is 28.6 Å². The van der Waals surface area contributed by atoms with E-state index in [0.29, 0.717) is 49.1 Å². The summed E-state index contributed by atoms with van der Waals surface area (Å²) in [6.07, 6.45) is 0.0413. The smallest absolute Gasteiger partial charge is 0.231 e. The van der Waals surface area contributed by atoms with Gasteiger partial charge in [0.15, 0.2) is 17.3 Å². The van der Waals surface area contributed by atoms with Crippen LogP contribution in [0.25, 0.3) is 0 Å². The van der Waals surface area contributed by atoms with Crippen molar-refractivity contribution in [2.75, 3.05) is 33.1 Å². The third-order valence-electron chi connectivity index (χ3n) is 4.93. The minimum Gasteiger partial charge on any atom is -0.502 e. The Morgan fingerprint density at radius 2 is 1.93 bits per heavy atom. The van der Waals surface area contributed by atoms with E-state index in [2.05, 4.69) is 0 Å². The van der Waals surface area contributed by atoms with Gasteiger partial charge in [-0.3, -0.25) is 9.59 Å². The number of hydrogen-bond donors (Lipinski definition) is 1. The van der Waals surface area contributed by atoms with Crippen molar-refractivity contribution in [1.29, 1.82) is 0 Å². The first-order valence-electron chi connectivity index (χ1n) is 9.11. The number of morpholine rings is 1. The molecular formula is C20H21NO7. The Morgan fingerprint density at radius 1 is 1.18 bits per heavy atom. The Morgan fingerprint density at radius 3 is 2.71 bits per heavy atom. The van der Waals surface area contributed by atoms with Crippen molar-refractivity contribution in [2.24, 2.45) is 0 Å². The van der Waals surface area contributed by atoms with Crippen molar-refractivity contribution in [3.05, 3.63) is 51.6 Å². The average molecular weight is 387 g/mol. The Hall–Kier alpha value is -3.00. The second kappa shape index (κ2) is 7.55. The number of ether oxygens (including phenoxy) is 3. The van der Waals surface area contributed by atoms with Crippen LogP contribution in [-0.2, 0) is 9.53 Å². The summed E-state index contributed by atoms with van der Waals surface area (Å²) >= 11 is 0. The summed E-state index contributed by atoms with van der Waals surface area (Å²) in [5, 5.41) is 10.4. The molecule has 8 heteroatoms. The summed E-state index contributed by atoms with van der Waals surface area (Å²) in [4.78, 5) is 26.7. The summed E-state index contributed by atoms with van der Waals surface area (Å²) in [6.45, 7) is 3.76. The number of aryl methyl sites for hydroxylation is 1. The lowest BCUT2D eigenvalue weighted by atomic mass is 9.91. The van der Waals surface area contributed by atoms with Crippen molar-refractivity contribution in [1.82, 2.24) is 4.90 Å². The lowest BCUT2D eigenvalue weighted by molar-refractivity contribution is -0.135. The quantitative estimate of drug-likeness (QED) is 0.854. The lowest BCUT2D eigenvalue weighted by Gasteiger charge is -2.28. The predicted octanol–water partition coefficient (Wildman–Crippen LogP) is 1.76. The van der Waals surface area contributed by atoms with Crippen molar-refractivity contribution < 1.29 is 28.5 Å². The van der Waals surface area contributed by atoms with Gasteiger partial charge in [0.1, 0.15) is 5.76 Å². The molecule has 1 amide bonds. The van der Waals surface area contributed by atoms with E-state index in [1.54, 1.807) is 30.0 Å². The standard InChI is InChI=1S/C20H21NO7/c1-12-8-15(22)19(24)20(28-12)14(10-18(23)21-4-6-25-7-5-21)13-2-3-16-17(9-13)27-11-26-16/h2-3,8-9,14,24H,4-7,10-11H2,1H3/t14-/m1/s1. The molecule has 1 saturated heterocycles. The minimum atomic E-state index is -0.641. The largest absolute Gasteiger partial charge is 0.502 e. The van der Waals surface area contributed by atoms with Gasteiger partial charge in [0.05, 0.1) is 19.1 Å². The molecule has 1 fully saturated rings. The van der Waals surface area contributed by atoms with Crippen LogP contribution in [0.2, 0.25) is 0 Å². The number of fused-ring (bicyclic) bond motifs is 1. The molecule has 28 heavy (non-hydrogen) atoms. The molecule has 1 aromatic carbocycles. The van der Waals surface area contributed by atoms with Crippen LogP contribution in [0.15, 0.2) is 33.5 Å². The summed E-state index contributed by atoms with van der Waals surface area (Å²) in [5.74, 6) is 0.371. The summed E-state index contributed by atoms with van der Waals surface area (Å²) in [7, 11) is 0. The number of benzene rings is 1. The number of aromatic hydroxyl groups is 1. The molecule has 4 rings (SSSR count). The molecule has 1 N–H and O–H groups in total. The lowest BCUT2D eigenvalue weighted by Crippen LogP contribution is -2.41. The van der Waals surface area contributed by atoms with Crippen LogP contribution in [0.3, 0.4) is 0 Å². The normalized spacial score (nSPS) is 16.8. The van der Waals surface area contributed by atoms with Gasteiger partial charge in [-0.1, -0.05) is 6.07 Å². The predicted molar refractivity (Wildman–Crippen MR) is 97.8 cm³/mol. The fourth-order valence-corrected chi connectivity index (χ4v) is 3.47. The van der Waals surface area contributed by atoms with Crippen LogP contribution in [0.4, 0.5) is 0 Å². The second-order valence-electron chi connectivity index (χ2n) is 6.80. The van der Waals surface area contributed by atoms with E-state index >= 15 is 0 Å². The van der Waals surface area contributed by atoms with E-state index in [-0.39, 0.29) is 24.9 Å². The molecule has 2 aromatic rings. The number of carbonyl (C=O) groups excluding carboxylic acids is 1. The Balaban J connectivity index is 1.73. The zero-order chi connectivity index (χ0) is 19.7. The highest BCUT2D eigenvalue weighted by atomic mass is 16.7. The molecular weight excluding hydrogens is 366 g/mol. The molecule has 0 bridgehead atoms. The van der Waals surface area contributed by atoms with Crippen molar-refractivity contribution in [2.45, 2.75) is 19.3 Å². The van der Waals surface area contributed by atoms with Gasteiger partial charge in [-0.05, 0) is 24.6 Å². The van der Waals surface area contributed by atoms with E-state index in [0.717, 1.165) is 0 Å². The molecule has 1 atom stereocenters. The Kier molecular flexibility index (Phi) is 4.95. The van der Waals surface area contributed by atoms with Crippen LogP contribution in [0, 0.1) is 6.92 Å². The number of nitrogens with zero attached hydrogens (tertiary/aromatic N) is 1. The van der Waals surface area contributed by atoms with Gasteiger partial charge in [0.2, 0.25) is 23.9 Å². The maximum absolute atomic E-state index is 12.9. The molecule has 0 unspecified atom stereocenters. The fraction of sp³-hybridized carbons (Fsp3) is 0.400. The molecule has 0 spiro atoms. The molecule has 2 aliphatic heterocycles. The van der Waals surface area contributed by atoms with Crippen LogP contribution in [0.5, 0.6) is 17.2 Å². The zero-order valence-electron chi connectivity index (χ0n) is 15.5. The number of rotatable bonds is 4. The van der Waals surface area contributed by atoms with Gasteiger partial charge in [-0.25, -0.2) is 0 Å². The first kappa shape index (κ1) is 18.4. The zero-order valence-corrected chi connectivity index (χ0v) is 15.5. The second-order valence-corrected chi connectivity index (χ2v) is 6.80. The monoisotopic (exact) mass is 387 g/mol. The average Bonchev–Trinajstić information content (AvgIpc) is 3.17. The van der Waals surface area contributed by atoms with Gasteiger partial charge in [0, 0.05) is 25.6 Å². The van der Waals surface area contributed by atoms with Gasteiger partial charge >= 0.3 is 0 Å². The van der Waals surface area contributed by atoms with Crippen LogP contribution < -0.4 is 14.9 Å². The van der Waals surface area contributed by atoms with Crippen molar-refractivity contribution in [3.8, 4) is 17.2 Å². The SMILES string of the molecule is Cc1cc(=O)c(O)c([C@H](CC(=O)N2CCOCC2)c2ccc3c(c2)OCO3)o1. The number of amides is 1. The maximum atomic E-state index is 12.9. The third-order valence-corrected chi connectivity index (χ3v) is 4.93. The maximum Gasteiger partial charge on any atom is 0.231 e. The fourth-order valence-electron chi connectivity index (χ4n) is 3.47. The molecule has 148 valence electrons. The van der Waals surface area contributed by atoms with E-state index in [4.69, 9.17) is 18.6 Å². The van der Waals surface area contributed by atoms with Gasteiger partial charge in [-0.2, -0.15) is 0 Å². The molecule has 1 aromatic heterocycles. The molecule has 2 aliphatic rings. The van der Waals surface area contributed by atoms with E-state index in [9.17, 15) is 14.7 Å². The molecule has 0 aliphatic carbocycles. The first-order chi connectivity index (χ1) is 13.5. The first-order valence-corrected chi connectivity index (χ1v) is 9.11. The van der Waals surface area contributed by atoms with Crippen LogP contribution >= 0.6 is 0 Å². The van der Waals surface area contributed by atoms with Crippen LogP contribution in [0.1, 0.15) is 29.4 Å². The summed E-state index contributed by atoms with van der Waals surface area (Å²) in [6, 6.07) is 6.50. The highest BCUT2D eigenvalue weighted by molar-refractivity contribution is 5.78.